The Morgan fingerprint density at radius 1 is 0.967 bits per heavy atom. The number of hydrogen-bond donors (Lipinski definition) is 2. The van der Waals surface area contributed by atoms with E-state index < -0.39 is 11.9 Å². The van der Waals surface area contributed by atoms with Crippen LogP contribution in [0.25, 0.3) is 22.4 Å². The van der Waals surface area contributed by atoms with Crippen LogP contribution in [-0.4, -0.2) is 27.1 Å². The Hall–Kier alpha value is -3.97. The zero-order chi connectivity index (χ0) is 21.1. The molecule has 7 nitrogen and oxygen atoms in total. The van der Waals surface area contributed by atoms with Crippen LogP contribution >= 0.6 is 11.6 Å². The number of carbonyl (C=O) groups excluding carboxylic acids is 1. The van der Waals surface area contributed by atoms with Gasteiger partial charge in [-0.1, -0.05) is 35.0 Å². The van der Waals surface area contributed by atoms with E-state index in [1.54, 1.807) is 67.0 Å². The lowest BCUT2D eigenvalue weighted by atomic mass is 9.97. The van der Waals surface area contributed by atoms with Crippen molar-refractivity contribution >= 4 is 29.4 Å². The van der Waals surface area contributed by atoms with Crippen molar-refractivity contribution in [2.75, 3.05) is 5.32 Å². The number of anilines is 1. The molecule has 0 saturated carbocycles. The van der Waals surface area contributed by atoms with Crippen molar-refractivity contribution in [1.82, 2.24) is 10.1 Å². The molecule has 2 N–H and O–H groups in total. The number of benzene rings is 2. The van der Waals surface area contributed by atoms with E-state index in [-0.39, 0.29) is 11.4 Å². The number of carboxylic acids is 1. The Kier molecular flexibility index (Phi) is 5.28. The molecule has 2 aromatic heterocycles. The van der Waals surface area contributed by atoms with E-state index in [9.17, 15) is 14.7 Å². The number of amides is 1. The molecule has 0 spiro atoms. The molecule has 0 aliphatic heterocycles. The number of nitrogens with one attached hydrogen (secondary N) is 1. The first-order valence-electron chi connectivity index (χ1n) is 8.84. The molecule has 0 radical (unpaired) electrons. The molecule has 8 heteroatoms. The normalized spacial score (nSPS) is 10.6. The SMILES string of the molecule is O=C(Nc1onc(-c2ccncc2)c1-c1ccccc1C(=O)O)c1ccc(Cl)cc1. The molecule has 0 aliphatic carbocycles. The predicted octanol–water partition coefficient (Wildman–Crippen LogP) is 5.01. The maximum absolute atomic E-state index is 12.7. The molecule has 30 heavy (non-hydrogen) atoms. The molecule has 0 bridgehead atoms. The van der Waals surface area contributed by atoms with Gasteiger partial charge in [0.1, 0.15) is 5.69 Å². The minimum absolute atomic E-state index is 0.0375. The van der Waals surface area contributed by atoms with Crippen LogP contribution in [0.2, 0.25) is 5.02 Å². The van der Waals surface area contributed by atoms with Crippen LogP contribution in [0.1, 0.15) is 20.7 Å². The maximum Gasteiger partial charge on any atom is 0.336 e. The van der Waals surface area contributed by atoms with Crippen molar-refractivity contribution in [2.24, 2.45) is 0 Å². The van der Waals surface area contributed by atoms with E-state index in [0.29, 0.717) is 33.0 Å². The summed E-state index contributed by atoms with van der Waals surface area (Å²) in [5.74, 6) is -1.52. The Morgan fingerprint density at radius 2 is 1.67 bits per heavy atom. The lowest BCUT2D eigenvalue weighted by Crippen LogP contribution is -2.12. The monoisotopic (exact) mass is 419 g/mol. The Labute approximate surface area is 175 Å². The van der Waals surface area contributed by atoms with Crippen LogP contribution < -0.4 is 5.32 Å². The summed E-state index contributed by atoms with van der Waals surface area (Å²) in [6.07, 6.45) is 3.17. The third-order valence-electron chi connectivity index (χ3n) is 4.41. The number of aromatic nitrogens is 2. The minimum atomic E-state index is -1.11. The molecule has 148 valence electrons. The van der Waals surface area contributed by atoms with E-state index >= 15 is 0 Å². The largest absolute Gasteiger partial charge is 0.478 e. The van der Waals surface area contributed by atoms with Crippen molar-refractivity contribution in [3.05, 3.63) is 89.2 Å². The molecule has 2 aromatic carbocycles. The van der Waals surface area contributed by atoms with E-state index in [2.05, 4.69) is 15.5 Å². The highest BCUT2D eigenvalue weighted by Gasteiger charge is 2.25. The maximum atomic E-state index is 12.7. The first-order chi connectivity index (χ1) is 14.5. The van der Waals surface area contributed by atoms with E-state index in [0.717, 1.165) is 0 Å². The zero-order valence-electron chi connectivity index (χ0n) is 15.4. The van der Waals surface area contributed by atoms with E-state index in [1.165, 1.54) is 6.07 Å². The van der Waals surface area contributed by atoms with Gasteiger partial charge in [0.25, 0.3) is 5.91 Å². The molecule has 4 aromatic rings. The predicted molar refractivity (Wildman–Crippen MR) is 112 cm³/mol. The smallest absolute Gasteiger partial charge is 0.336 e. The van der Waals surface area contributed by atoms with Crippen molar-refractivity contribution in [3.8, 4) is 22.4 Å². The van der Waals surface area contributed by atoms with Gasteiger partial charge in [-0.3, -0.25) is 15.1 Å². The lowest BCUT2D eigenvalue weighted by molar-refractivity contribution is 0.0697. The highest BCUT2D eigenvalue weighted by atomic mass is 35.5. The lowest BCUT2D eigenvalue weighted by Gasteiger charge is -2.09. The van der Waals surface area contributed by atoms with Gasteiger partial charge in [0, 0.05) is 34.1 Å². The molecule has 2 heterocycles. The number of rotatable bonds is 5. The fourth-order valence-corrected chi connectivity index (χ4v) is 3.12. The van der Waals surface area contributed by atoms with Crippen LogP contribution in [0.15, 0.2) is 77.6 Å². The molecule has 1 amide bonds. The minimum Gasteiger partial charge on any atom is -0.478 e. The summed E-state index contributed by atoms with van der Waals surface area (Å²) in [4.78, 5) is 28.5. The van der Waals surface area contributed by atoms with Gasteiger partial charge in [-0.15, -0.1) is 0 Å². The van der Waals surface area contributed by atoms with Crippen molar-refractivity contribution in [2.45, 2.75) is 0 Å². The molecule has 0 fully saturated rings. The second-order valence-corrected chi connectivity index (χ2v) is 6.72. The molecule has 0 saturated heterocycles. The molecular formula is C22H14ClN3O4. The third-order valence-corrected chi connectivity index (χ3v) is 4.66. The third kappa shape index (κ3) is 3.78. The van der Waals surface area contributed by atoms with Crippen molar-refractivity contribution in [1.29, 1.82) is 0 Å². The molecule has 0 atom stereocenters. The van der Waals surface area contributed by atoms with Crippen molar-refractivity contribution < 1.29 is 19.2 Å². The first-order valence-corrected chi connectivity index (χ1v) is 9.22. The van der Waals surface area contributed by atoms with Crippen LogP contribution in [-0.2, 0) is 0 Å². The summed E-state index contributed by atoms with van der Waals surface area (Å²) in [5.41, 5.74) is 2.19. The topological polar surface area (TPSA) is 105 Å². The van der Waals surface area contributed by atoms with Gasteiger partial charge < -0.3 is 9.63 Å². The summed E-state index contributed by atoms with van der Waals surface area (Å²) in [6.45, 7) is 0. The molecule has 0 aliphatic rings. The van der Waals surface area contributed by atoms with Gasteiger partial charge in [-0.2, -0.15) is 0 Å². The molecule has 0 unspecified atom stereocenters. The van der Waals surface area contributed by atoms with Crippen LogP contribution in [0.3, 0.4) is 0 Å². The van der Waals surface area contributed by atoms with Gasteiger partial charge in [0.15, 0.2) is 0 Å². The Balaban J connectivity index is 1.84. The number of aromatic carboxylic acids is 1. The number of pyridine rings is 1. The van der Waals surface area contributed by atoms with Gasteiger partial charge >= 0.3 is 5.97 Å². The number of halogens is 1. The van der Waals surface area contributed by atoms with Gasteiger partial charge in [0.2, 0.25) is 5.88 Å². The fraction of sp³-hybridized carbons (Fsp3) is 0. The highest BCUT2D eigenvalue weighted by Crippen LogP contribution is 2.39. The van der Waals surface area contributed by atoms with Crippen molar-refractivity contribution in [3.63, 3.8) is 0 Å². The van der Waals surface area contributed by atoms with Gasteiger partial charge in [0.05, 0.1) is 11.1 Å². The van der Waals surface area contributed by atoms with Crippen LogP contribution in [0.4, 0.5) is 5.88 Å². The van der Waals surface area contributed by atoms with Crippen LogP contribution in [0, 0.1) is 0 Å². The summed E-state index contributed by atoms with van der Waals surface area (Å²) < 4.78 is 5.43. The van der Waals surface area contributed by atoms with Crippen LogP contribution in [0.5, 0.6) is 0 Å². The molecular weight excluding hydrogens is 406 g/mol. The second-order valence-electron chi connectivity index (χ2n) is 6.28. The summed E-state index contributed by atoms with van der Waals surface area (Å²) >= 11 is 5.88. The van der Waals surface area contributed by atoms with E-state index in [4.69, 9.17) is 16.1 Å². The second kappa shape index (κ2) is 8.18. The average Bonchev–Trinajstić information content (AvgIpc) is 3.18. The number of nitrogens with zero attached hydrogens (tertiary/aromatic N) is 2. The molecule has 4 rings (SSSR count). The first kappa shape index (κ1) is 19.4. The number of carbonyl (C=O) groups is 2. The quantitative estimate of drug-likeness (QED) is 0.471. The number of carboxylic acid groups (broad SMARTS) is 1. The van der Waals surface area contributed by atoms with E-state index in [1.807, 2.05) is 0 Å². The standard InChI is InChI=1S/C22H14ClN3O4/c23-15-7-5-14(6-8-15)20(27)25-21-18(16-3-1-2-4-17(16)22(28)29)19(26-30-21)13-9-11-24-12-10-13/h1-12H,(H,25,27)(H,28,29). The Bertz CT molecular complexity index is 1220. The summed E-state index contributed by atoms with van der Waals surface area (Å²) in [5, 5.41) is 16.9. The van der Waals surface area contributed by atoms with Gasteiger partial charge in [-0.05, 0) is 42.5 Å². The summed E-state index contributed by atoms with van der Waals surface area (Å²) in [6, 6.07) is 16.2. The average molecular weight is 420 g/mol. The fourth-order valence-electron chi connectivity index (χ4n) is 3.00. The zero-order valence-corrected chi connectivity index (χ0v) is 16.1. The summed E-state index contributed by atoms with van der Waals surface area (Å²) in [7, 11) is 0. The number of hydrogen-bond acceptors (Lipinski definition) is 5. The van der Waals surface area contributed by atoms with Gasteiger partial charge in [-0.25, -0.2) is 4.79 Å². The Morgan fingerprint density at radius 3 is 2.37 bits per heavy atom. The highest BCUT2D eigenvalue weighted by molar-refractivity contribution is 6.30.